The lowest BCUT2D eigenvalue weighted by Crippen LogP contribution is -2.24. The molecular formula is C15H11Cl2N3O4. The van der Waals surface area contributed by atoms with Gasteiger partial charge in [0.15, 0.2) is 6.61 Å². The number of hydrazone groups is 1. The number of halogens is 2. The molecule has 0 heterocycles. The largest absolute Gasteiger partial charge is 0.482 e. The van der Waals surface area contributed by atoms with E-state index in [1.165, 1.54) is 24.4 Å². The Hall–Kier alpha value is -2.64. The van der Waals surface area contributed by atoms with E-state index in [1.54, 1.807) is 24.3 Å². The van der Waals surface area contributed by atoms with E-state index in [4.69, 9.17) is 27.9 Å². The Bertz CT molecular complexity index is 796. The van der Waals surface area contributed by atoms with Crippen molar-refractivity contribution in [2.75, 3.05) is 6.61 Å². The number of para-hydroxylation sites is 1. The number of hydrogen-bond donors (Lipinski definition) is 1. The third-order valence-corrected chi connectivity index (χ3v) is 3.40. The van der Waals surface area contributed by atoms with Gasteiger partial charge in [-0.05, 0) is 18.2 Å². The number of rotatable bonds is 6. The van der Waals surface area contributed by atoms with Gasteiger partial charge in [0.05, 0.1) is 16.2 Å². The molecule has 2 rings (SSSR count). The molecule has 0 aliphatic carbocycles. The SMILES string of the molecule is O=C(COc1ccccc1Cl)N/N=C/c1ccc(Cl)c([N+](=O)[O-])c1. The molecule has 0 spiro atoms. The van der Waals surface area contributed by atoms with Gasteiger partial charge in [0.2, 0.25) is 0 Å². The summed E-state index contributed by atoms with van der Waals surface area (Å²) in [6.45, 7) is -0.276. The van der Waals surface area contributed by atoms with Crippen molar-refractivity contribution in [1.29, 1.82) is 0 Å². The summed E-state index contributed by atoms with van der Waals surface area (Å²) in [6.07, 6.45) is 1.26. The minimum atomic E-state index is -0.601. The Morgan fingerprint density at radius 2 is 2.00 bits per heavy atom. The van der Waals surface area contributed by atoms with Crippen molar-refractivity contribution in [3.05, 3.63) is 68.2 Å². The van der Waals surface area contributed by atoms with E-state index in [0.29, 0.717) is 16.3 Å². The van der Waals surface area contributed by atoms with Crippen molar-refractivity contribution in [1.82, 2.24) is 5.43 Å². The van der Waals surface area contributed by atoms with Crippen molar-refractivity contribution >= 4 is 41.0 Å². The van der Waals surface area contributed by atoms with Crippen LogP contribution in [0.5, 0.6) is 5.75 Å². The number of benzene rings is 2. The van der Waals surface area contributed by atoms with Gasteiger partial charge in [-0.15, -0.1) is 0 Å². The molecule has 0 aliphatic rings. The van der Waals surface area contributed by atoms with Gasteiger partial charge in [0, 0.05) is 11.6 Å². The van der Waals surface area contributed by atoms with Crippen molar-refractivity contribution in [3.8, 4) is 5.75 Å². The van der Waals surface area contributed by atoms with Crippen LogP contribution in [0.25, 0.3) is 0 Å². The van der Waals surface area contributed by atoms with E-state index >= 15 is 0 Å². The Morgan fingerprint density at radius 1 is 1.25 bits per heavy atom. The Kier molecular flexibility index (Phi) is 6.11. The zero-order chi connectivity index (χ0) is 17.5. The summed E-state index contributed by atoms with van der Waals surface area (Å²) in [4.78, 5) is 21.8. The quantitative estimate of drug-likeness (QED) is 0.480. The molecule has 0 saturated heterocycles. The smallest absolute Gasteiger partial charge is 0.288 e. The minimum absolute atomic E-state index is 0.0225. The van der Waals surface area contributed by atoms with Crippen molar-refractivity contribution in [2.45, 2.75) is 0 Å². The van der Waals surface area contributed by atoms with Crippen molar-refractivity contribution in [2.24, 2.45) is 5.10 Å². The standard InChI is InChI=1S/C15H11Cl2N3O4/c16-11-6-5-10(7-13(11)20(22)23)8-18-19-15(21)9-24-14-4-2-1-3-12(14)17/h1-8H,9H2,(H,19,21)/b18-8+. The van der Waals surface area contributed by atoms with Crippen LogP contribution in [0.2, 0.25) is 10.0 Å². The molecule has 0 aromatic heterocycles. The first-order chi connectivity index (χ1) is 11.5. The molecule has 24 heavy (non-hydrogen) atoms. The summed E-state index contributed by atoms with van der Waals surface area (Å²) in [5, 5.41) is 14.9. The number of ether oxygens (including phenoxy) is 1. The maximum atomic E-state index is 11.6. The van der Waals surface area contributed by atoms with Gasteiger partial charge in [-0.1, -0.05) is 41.4 Å². The highest BCUT2D eigenvalue weighted by molar-refractivity contribution is 6.32. The van der Waals surface area contributed by atoms with Crippen LogP contribution < -0.4 is 10.2 Å². The number of nitrogens with one attached hydrogen (secondary N) is 1. The van der Waals surface area contributed by atoms with E-state index in [1.807, 2.05) is 0 Å². The fourth-order valence-electron chi connectivity index (χ4n) is 1.67. The average Bonchev–Trinajstić information content (AvgIpc) is 2.55. The highest BCUT2D eigenvalue weighted by Crippen LogP contribution is 2.24. The second kappa shape index (κ2) is 8.28. The maximum absolute atomic E-state index is 11.6. The molecule has 0 saturated carbocycles. The second-order valence-corrected chi connectivity index (χ2v) is 5.29. The first-order valence-corrected chi connectivity index (χ1v) is 7.36. The summed E-state index contributed by atoms with van der Waals surface area (Å²) >= 11 is 11.6. The lowest BCUT2D eigenvalue weighted by atomic mass is 10.2. The fourth-order valence-corrected chi connectivity index (χ4v) is 2.04. The lowest BCUT2D eigenvalue weighted by molar-refractivity contribution is -0.384. The summed E-state index contributed by atoms with van der Waals surface area (Å²) in [5.74, 6) is -0.124. The van der Waals surface area contributed by atoms with E-state index in [2.05, 4.69) is 10.5 Å². The van der Waals surface area contributed by atoms with E-state index in [9.17, 15) is 14.9 Å². The van der Waals surface area contributed by atoms with Crippen LogP contribution in [0.4, 0.5) is 5.69 Å². The molecule has 124 valence electrons. The molecule has 0 unspecified atom stereocenters. The number of nitrogens with zero attached hydrogens (tertiary/aromatic N) is 2. The Morgan fingerprint density at radius 3 is 2.71 bits per heavy atom. The summed E-state index contributed by atoms with van der Waals surface area (Å²) in [6, 6.07) is 10.9. The summed E-state index contributed by atoms with van der Waals surface area (Å²) in [7, 11) is 0. The number of nitro groups is 1. The maximum Gasteiger partial charge on any atom is 0.288 e. The molecule has 2 aromatic rings. The van der Waals surface area contributed by atoms with Gasteiger partial charge < -0.3 is 4.74 Å². The van der Waals surface area contributed by atoms with E-state index in [0.717, 1.165) is 0 Å². The summed E-state index contributed by atoms with van der Waals surface area (Å²) in [5.41, 5.74) is 2.42. The normalized spacial score (nSPS) is 10.6. The van der Waals surface area contributed by atoms with Gasteiger partial charge in [-0.3, -0.25) is 14.9 Å². The molecular weight excluding hydrogens is 357 g/mol. The van der Waals surface area contributed by atoms with E-state index < -0.39 is 10.8 Å². The molecule has 0 fully saturated rings. The van der Waals surface area contributed by atoms with Crippen LogP contribution in [0.3, 0.4) is 0 Å². The summed E-state index contributed by atoms with van der Waals surface area (Å²) < 4.78 is 5.24. The zero-order valence-corrected chi connectivity index (χ0v) is 13.6. The average molecular weight is 368 g/mol. The van der Waals surface area contributed by atoms with Crippen LogP contribution in [0.15, 0.2) is 47.6 Å². The lowest BCUT2D eigenvalue weighted by Gasteiger charge is -2.06. The zero-order valence-electron chi connectivity index (χ0n) is 12.1. The Balaban J connectivity index is 1.90. The van der Waals surface area contributed by atoms with Gasteiger partial charge in [0.1, 0.15) is 10.8 Å². The van der Waals surface area contributed by atoms with Crippen molar-refractivity contribution < 1.29 is 14.5 Å². The second-order valence-electron chi connectivity index (χ2n) is 4.48. The van der Waals surface area contributed by atoms with Crippen molar-refractivity contribution in [3.63, 3.8) is 0 Å². The third kappa shape index (κ3) is 4.94. The van der Waals surface area contributed by atoms with Crippen LogP contribution >= 0.6 is 23.2 Å². The number of hydrogen-bond acceptors (Lipinski definition) is 5. The number of carbonyl (C=O) groups excluding carboxylic acids is 1. The minimum Gasteiger partial charge on any atom is -0.482 e. The number of carbonyl (C=O) groups is 1. The van der Waals surface area contributed by atoms with Gasteiger partial charge in [0.25, 0.3) is 11.6 Å². The molecule has 0 bridgehead atoms. The Labute approximate surface area is 147 Å². The molecule has 7 nitrogen and oxygen atoms in total. The topological polar surface area (TPSA) is 93.8 Å². The molecule has 0 aliphatic heterocycles. The highest BCUT2D eigenvalue weighted by Gasteiger charge is 2.11. The van der Waals surface area contributed by atoms with Gasteiger partial charge in [-0.2, -0.15) is 5.10 Å². The predicted molar refractivity (Wildman–Crippen MR) is 90.8 cm³/mol. The van der Waals surface area contributed by atoms with Crippen LogP contribution in [0.1, 0.15) is 5.56 Å². The molecule has 0 radical (unpaired) electrons. The van der Waals surface area contributed by atoms with Crippen LogP contribution in [0, 0.1) is 10.1 Å². The molecule has 9 heteroatoms. The molecule has 1 N–H and O–H groups in total. The highest BCUT2D eigenvalue weighted by atomic mass is 35.5. The van der Waals surface area contributed by atoms with Gasteiger partial charge >= 0.3 is 0 Å². The molecule has 2 aromatic carbocycles. The first kappa shape index (κ1) is 17.7. The van der Waals surface area contributed by atoms with E-state index in [-0.39, 0.29) is 17.3 Å². The van der Waals surface area contributed by atoms with Crippen LogP contribution in [-0.4, -0.2) is 23.7 Å². The molecule has 0 atom stereocenters. The predicted octanol–water partition coefficient (Wildman–Crippen LogP) is 3.43. The first-order valence-electron chi connectivity index (χ1n) is 6.60. The monoisotopic (exact) mass is 367 g/mol. The van der Waals surface area contributed by atoms with Crippen LogP contribution in [-0.2, 0) is 4.79 Å². The van der Waals surface area contributed by atoms with Gasteiger partial charge in [-0.25, -0.2) is 5.43 Å². The number of nitro benzene ring substituents is 1. The fraction of sp³-hybridized carbons (Fsp3) is 0.0667. The molecule has 1 amide bonds. The third-order valence-electron chi connectivity index (χ3n) is 2.77. The number of amides is 1.